The molecule has 0 aliphatic heterocycles. The van der Waals surface area contributed by atoms with Gasteiger partial charge in [0.25, 0.3) is 0 Å². The van der Waals surface area contributed by atoms with Gasteiger partial charge in [0, 0.05) is 6.04 Å². The number of halogens is 2. The maximum Gasteiger partial charge on any atom is 0.336 e. The zero-order valence-electron chi connectivity index (χ0n) is 23.4. The average Bonchev–Trinajstić information content (AvgIpc) is 2.91. The Morgan fingerprint density at radius 3 is 2.27 bits per heavy atom. The predicted molar refractivity (Wildman–Crippen MR) is 162 cm³/mol. The molecule has 3 aromatic carbocycles. The summed E-state index contributed by atoms with van der Waals surface area (Å²) in [7, 11) is 4.36. The lowest BCUT2D eigenvalue weighted by molar-refractivity contribution is 0.0697. The smallest absolute Gasteiger partial charge is 0.336 e. The Kier molecular flexibility index (Phi) is 8.86. The highest BCUT2D eigenvalue weighted by molar-refractivity contribution is 6.42. The third-order valence-electron chi connectivity index (χ3n) is 8.12. The summed E-state index contributed by atoms with van der Waals surface area (Å²) in [6, 6.07) is 14.3. The molecule has 0 saturated heterocycles. The van der Waals surface area contributed by atoms with Crippen LogP contribution in [0, 0.1) is 17.6 Å². The van der Waals surface area contributed by atoms with Crippen molar-refractivity contribution in [3.8, 4) is 11.1 Å². The third kappa shape index (κ3) is 6.32. The number of hydrogen-bond donors (Lipinski definition) is 3. The van der Waals surface area contributed by atoms with Gasteiger partial charge in [-0.3, -0.25) is 0 Å². The van der Waals surface area contributed by atoms with Crippen molar-refractivity contribution in [3.63, 3.8) is 0 Å². The van der Waals surface area contributed by atoms with Crippen LogP contribution in [0.1, 0.15) is 56.3 Å². The highest BCUT2D eigenvalue weighted by Gasteiger charge is 2.37. The molecule has 0 radical (unpaired) electrons. The SMILES string of the molecule is BC(B)(C(C)C)N(c1ccc(-c2cc(F)ccc2C(=O)O)cc1NC(=O)Nc1ccccc1F)C1CCCCC1. The minimum absolute atomic E-state index is 0.0302. The molecule has 1 aliphatic carbocycles. The van der Waals surface area contributed by atoms with Crippen molar-refractivity contribution < 1.29 is 23.5 Å². The van der Waals surface area contributed by atoms with Crippen LogP contribution in [0.3, 0.4) is 0 Å². The van der Waals surface area contributed by atoms with E-state index in [-0.39, 0.29) is 34.1 Å². The van der Waals surface area contributed by atoms with E-state index >= 15 is 0 Å². The second kappa shape index (κ2) is 12.1. The van der Waals surface area contributed by atoms with Gasteiger partial charge in [-0.05, 0) is 77.7 Å². The Morgan fingerprint density at radius 2 is 1.62 bits per heavy atom. The fraction of sp³-hybridized carbons (Fsp3) is 0.333. The van der Waals surface area contributed by atoms with Crippen molar-refractivity contribution in [2.75, 3.05) is 15.5 Å². The number of benzene rings is 3. The van der Waals surface area contributed by atoms with Crippen LogP contribution in [0.2, 0.25) is 0 Å². The van der Waals surface area contributed by atoms with Gasteiger partial charge in [0.15, 0.2) is 0 Å². The summed E-state index contributed by atoms with van der Waals surface area (Å²) < 4.78 is 28.6. The molecule has 0 aromatic heterocycles. The van der Waals surface area contributed by atoms with Crippen LogP contribution in [-0.4, -0.2) is 44.2 Å². The van der Waals surface area contributed by atoms with Gasteiger partial charge in [-0.1, -0.05) is 51.3 Å². The molecule has 0 spiro atoms. The van der Waals surface area contributed by atoms with E-state index in [9.17, 15) is 23.5 Å². The van der Waals surface area contributed by atoms with Gasteiger partial charge in [-0.15, -0.1) is 0 Å². The normalized spacial score (nSPS) is 14.1. The molecule has 1 aliphatic rings. The molecule has 208 valence electrons. The maximum atomic E-state index is 14.3. The first-order valence-corrected chi connectivity index (χ1v) is 13.8. The molecule has 6 nitrogen and oxygen atoms in total. The standard InChI is InChI=1S/C30H35B2F2N3O3/c1-18(2)30(31,32)37(21-8-4-3-5-9-21)27-15-12-19(23-17-20(33)13-14-22(23)28(38)39)16-26(27)36-29(40)35-25-11-7-6-10-24(25)34/h6-7,10-18,21H,3-5,8-9,31-32H2,1-2H3,(H,38,39)(H2,35,36,40). The van der Waals surface area contributed by atoms with E-state index in [1.54, 1.807) is 18.2 Å². The quantitative estimate of drug-likeness (QED) is 0.318. The van der Waals surface area contributed by atoms with Gasteiger partial charge in [-0.2, -0.15) is 0 Å². The Hall–Kier alpha value is -3.81. The monoisotopic (exact) mass is 545 g/mol. The Balaban J connectivity index is 1.85. The molecule has 0 unspecified atom stereocenters. The molecule has 2 amide bonds. The van der Waals surface area contributed by atoms with E-state index in [0.717, 1.165) is 37.4 Å². The fourth-order valence-electron chi connectivity index (χ4n) is 5.39. The molecule has 4 rings (SSSR count). The Bertz CT molecular complexity index is 1390. The molecule has 0 atom stereocenters. The number of nitrogens with zero attached hydrogens (tertiary/aromatic N) is 1. The molecule has 3 aromatic rings. The van der Waals surface area contributed by atoms with Gasteiger partial charge in [0.05, 0.1) is 22.6 Å². The first-order chi connectivity index (χ1) is 19.0. The van der Waals surface area contributed by atoms with Crippen LogP contribution in [-0.2, 0) is 0 Å². The van der Waals surface area contributed by atoms with Crippen molar-refractivity contribution in [1.82, 2.24) is 0 Å². The molecule has 10 heteroatoms. The molecule has 0 heterocycles. The number of carboxylic acids is 1. The predicted octanol–water partition coefficient (Wildman–Crippen LogP) is 5.69. The highest BCUT2D eigenvalue weighted by Crippen LogP contribution is 2.41. The molecule has 40 heavy (non-hydrogen) atoms. The van der Waals surface area contributed by atoms with Crippen molar-refractivity contribution >= 4 is 44.8 Å². The third-order valence-corrected chi connectivity index (χ3v) is 8.12. The number of carboxylic acid groups (broad SMARTS) is 1. The molecular weight excluding hydrogens is 510 g/mol. The van der Waals surface area contributed by atoms with Gasteiger partial charge in [0.2, 0.25) is 0 Å². The first kappa shape index (κ1) is 29.2. The number of aromatic carboxylic acids is 1. The minimum Gasteiger partial charge on any atom is -0.478 e. The molecule has 0 bridgehead atoms. The van der Waals surface area contributed by atoms with Crippen molar-refractivity contribution in [3.05, 3.63) is 77.9 Å². The van der Waals surface area contributed by atoms with E-state index < -0.39 is 23.6 Å². The molecule has 1 fully saturated rings. The Morgan fingerprint density at radius 1 is 0.950 bits per heavy atom. The van der Waals surface area contributed by atoms with E-state index in [0.29, 0.717) is 11.3 Å². The fourth-order valence-corrected chi connectivity index (χ4v) is 5.39. The molecule has 1 saturated carbocycles. The van der Waals surface area contributed by atoms with Gasteiger partial charge < -0.3 is 20.6 Å². The summed E-state index contributed by atoms with van der Waals surface area (Å²) in [4.78, 5) is 27.5. The number of nitrogens with one attached hydrogen (secondary N) is 2. The second-order valence-corrected chi connectivity index (χ2v) is 11.3. The number of amides is 2. The number of carbonyl (C=O) groups is 2. The first-order valence-electron chi connectivity index (χ1n) is 13.8. The van der Waals surface area contributed by atoms with E-state index in [2.05, 4.69) is 45.1 Å². The Labute approximate surface area is 236 Å². The number of para-hydroxylation sites is 1. The van der Waals surface area contributed by atoms with Crippen molar-refractivity contribution in [1.29, 1.82) is 0 Å². The summed E-state index contributed by atoms with van der Waals surface area (Å²) in [5.74, 6) is -2.06. The van der Waals surface area contributed by atoms with E-state index in [4.69, 9.17) is 0 Å². The number of anilines is 3. The summed E-state index contributed by atoms with van der Waals surface area (Å²) in [6.45, 7) is 4.32. The van der Waals surface area contributed by atoms with Crippen molar-refractivity contribution in [2.24, 2.45) is 5.92 Å². The summed E-state index contributed by atoms with van der Waals surface area (Å²) in [5, 5.41) is 14.9. The van der Waals surface area contributed by atoms with Crippen molar-refractivity contribution in [2.45, 2.75) is 57.3 Å². The zero-order valence-corrected chi connectivity index (χ0v) is 23.4. The van der Waals surface area contributed by atoms with E-state index in [1.165, 1.54) is 36.8 Å². The molecular formula is C30H35B2F2N3O3. The largest absolute Gasteiger partial charge is 0.478 e. The molecule has 3 N–H and O–H groups in total. The number of urea groups is 1. The number of carbonyl (C=O) groups excluding carboxylic acids is 1. The van der Waals surface area contributed by atoms with Gasteiger partial charge in [-0.25, -0.2) is 18.4 Å². The maximum absolute atomic E-state index is 14.3. The lowest BCUT2D eigenvalue weighted by Gasteiger charge is -2.50. The minimum atomic E-state index is -1.18. The number of hydrogen-bond acceptors (Lipinski definition) is 3. The lowest BCUT2D eigenvalue weighted by atomic mass is 9.54. The summed E-state index contributed by atoms with van der Waals surface area (Å²) in [6.07, 6.45) is 5.40. The van der Waals surface area contributed by atoms with E-state index in [1.807, 2.05) is 6.07 Å². The van der Waals surface area contributed by atoms with Crippen LogP contribution in [0.15, 0.2) is 60.7 Å². The number of rotatable bonds is 8. The van der Waals surface area contributed by atoms with Crippen LogP contribution < -0.4 is 15.5 Å². The summed E-state index contributed by atoms with van der Waals surface area (Å²) >= 11 is 0. The summed E-state index contributed by atoms with van der Waals surface area (Å²) in [5.41, 5.74) is 1.81. The van der Waals surface area contributed by atoms with Crippen LogP contribution >= 0.6 is 0 Å². The van der Waals surface area contributed by atoms with Crippen LogP contribution in [0.5, 0.6) is 0 Å². The average molecular weight is 545 g/mol. The van der Waals surface area contributed by atoms with Gasteiger partial charge >= 0.3 is 12.0 Å². The van der Waals surface area contributed by atoms with Crippen LogP contribution in [0.4, 0.5) is 30.6 Å². The zero-order chi connectivity index (χ0) is 29.0. The van der Waals surface area contributed by atoms with Gasteiger partial charge in [0.1, 0.15) is 27.3 Å². The van der Waals surface area contributed by atoms with Crippen LogP contribution in [0.25, 0.3) is 11.1 Å². The second-order valence-electron chi connectivity index (χ2n) is 11.3. The highest BCUT2D eigenvalue weighted by atomic mass is 19.1. The lowest BCUT2D eigenvalue weighted by Crippen LogP contribution is -2.59. The topological polar surface area (TPSA) is 81.7 Å².